The Balaban J connectivity index is 1.62. The van der Waals surface area contributed by atoms with Gasteiger partial charge in [-0.2, -0.15) is 0 Å². The summed E-state index contributed by atoms with van der Waals surface area (Å²) in [7, 11) is 0. The summed E-state index contributed by atoms with van der Waals surface area (Å²) in [5, 5.41) is 2.72. The standard InChI is InChI=1S/C19H25N3O5S/c1-3-19(4-2)17(25)22(18(26)20-19)12-14(23)15-6-5-13(28-15)11-16(24)21-7-9-27-10-8-21/h5-6H,3-4,7-12H2,1-2H3,(H,20,26). The molecule has 9 heteroatoms. The molecule has 0 spiro atoms. The van der Waals surface area contributed by atoms with Crippen molar-refractivity contribution in [3.8, 4) is 0 Å². The molecule has 0 unspecified atom stereocenters. The Morgan fingerprint density at radius 2 is 1.86 bits per heavy atom. The van der Waals surface area contributed by atoms with Crippen LogP contribution in [-0.4, -0.2) is 71.8 Å². The number of ether oxygens (including phenoxy) is 1. The average molecular weight is 407 g/mol. The van der Waals surface area contributed by atoms with Gasteiger partial charge < -0.3 is 15.0 Å². The SMILES string of the molecule is CCC1(CC)NC(=O)N(CC(=O)c2ccc(CC(=O)N3CCOCC3)s2)C1=O. The number of nitrogens with one attached hydrogen (secondary N) is 1. The second-order valence-electron chi connectivity index (χ2n) is 6.97. The predicted octanol–water partition coefficient (Wildman–Crippen LogP) is 1.44. The summed E-state index contributed by atoms with van der Waals surface area (Å²) in [4.78, 5) is 53.7. The van der Waals surface area contributed by atoms with Crippen LogP contribution < -0.4 is 5.32 Å². The fourth-order valence-corrected chi connectivity index (χ4v) is 4.40. The minimum Gasteiger partial charge on any atom is -0.378 e. The summed E-state index contributed by atoms with van der Waals surface area (Å²) in [5.41, 5.74) is -0.914. The van der Waals surface area contributed by atoms with E-state index in [1.165, 1.54) is 11.3 Å². The van der Waals surface area contributed by atoms with Crippen molar-refractivity contribution >= 4 is 35.0 Å². The number of imide groups is 1. The lowest BCUT2D eigenvalue weighted by Crippen LogP contribution is -2.46. The number of carbonyl (C=O) groups is 4. The molecule has 0 saturated carbocycles. The van der Waals surface area contributed by atoms with E-state index in [0.29, 0.717) is 44.0 Å². The van der Waals surface area contributed by atoms with E-state index in [0.717, 1.165) is 9.78 Å². The summed E-state index contributed by atoms with van der Waals surface area (Å²) < 4.78 is 5.25. The van der Waals surface area contributed by atoms with E-state index in [2.05, 4.69) is 5.32 Å². The number of nitrogens with zero attached hydrogens (tertiary/aromatic N) is 2. The zero-order valence-corrected chi connectivity index (χ0v) is 17.0. The minimum atomic E-state index is -0.914. The summed E-state index contributed by atoms with van der Waals surface area (Å²) in [6, 6.07) is 2.88. The Bertz CT molecular complexity index is 780. The van der Waals surface area contributed by atoms with Crippen molar-refractivity contribution in [3.63, 3.8) is 0 Å². The zero-order valence-electron chi connectivity index (χ0n) is 16.2. The molecular weight excluding hydrogens is 382 g/mol. The molecule has 3 rings (SSSR count). The molecule has 0 aromatic carbocycles. The molecule has 4 amide bonds. The fourth-order valence-electron chi connectivity index (χ4n) is 3.47. The minimum absolute atomic E-state index is 0.00826. The highest BCUT2D eigenvalue weighted by Gasteiger charge is 2.49. The second kappa shape index (κ2) is 8.40. The van der Waals surface area contributed by atoms with Gasteiger partial charge in [0.25, 0.3) is 5.91 Å². The van der Waals surface area contributed by atoms with Crippen LogP contribution in [0, 0.1) is 0 Å². The maximum atomic E-state index is 12.6. The van der Waals surface area contributed by atoms with Crippen LogP contribution >= 0.6 is 11.3 Å². The van der Waals surface area contributed by atoms with Crippen LogP contribution in [0.15, 0.2) is 12.1 Å². The molecule has 2 saturated heterocycles. The number of thiophene rings is 1. The van der Waals surface area contributed by atoms with Gasteiger partial charge in [-0.05, 0) is 25.0 Å². The van der Waals surface area contributed by atoms with Gasteiger partial charge in [-0.25, -0.2) is 4.79 Å². The van der Waals surface area contributed by atoms with Crippen molar-refractivity contribution in [2.45, 2.75) is 38.6 Å². The van der Waals surface area contributed by atoms with Crippen LogP contribution in [0.2, 0.25) is 0 Å². The monoisotopic (exact) mass is 407 g/mol. The molecule has 8 nitrogen and oxygen atoms in total. The fraction of sp³-hybridized carbons (Fsp3) is 0.579. The molecule has 2 aliphatic rings. The maximum Gasteiger partial charge on any atom is 0.325 e. The number of morpholine rings is 1. The quantitative estimate of drug-likeness (QED) is 0.545. The van der Waals surface area contributed by atoms with Gasteiger partial charge in [-0.1, -0.05) is 13.8 Å². The first-order valence-electron chi connectivity index (χ1n) is 9.51. The molecule has 2 aliphatic heterocycles. The van der Waals surface area contributed by atoms with Crippen LogP contribution in [0.25, 0.3) is 0 Å². The molecular formula is C19H25N3O5S. The summed E-state index contributed by atoms with van der Waals surface area (Å²) in [5.74, 6) is -0.648. The van der Waals surface area contributed by atoms with Crippen LogP contribution in [-0.2, 0) is 20.7 Å². The lowest BCUT2D eigenvalue weighted by atomic mass is 9.93. The van der Waals surface area contributed by atoms with Crippen molar-refractivity contribution in [2.75, 3.05) is 32.8 Å². The van der Waals surface area contributed by atoms with Gasteiger partial charge in [0.2, 0.25) is 5.91 Å². The highest BCUT2D eigenvalue weighted by molar-refractivity contribution is 7.14. The van der Waals surface area contributed by atoms with Crippen LogP contribution in [0.1, 0.15) is 41.2 Å². The Morgan fingerprint density at radius 3 is 2.46 bits per heavy atom. The number of ketones is 1. The molecule has 1 aromatic rings. The molecule has 1 N–H and O–H groups in total. The lowest BCUT2D eigenvalue weighted by Gasteiger charge is -2.26. The van der Waals surface area contributed by atoms with Gasteiger partial charge in [0, 0.05) is 18.0 Å². The largest absolute Gasteiger partial charge is 0.378 e. The number of Topliss-reactive ketones (excluding diaryl/α,β-unsaturated/α-hetero) is 1. The van der Waals surface area contributed by atoms with Gasteiger partial charge in [-0.15, -0.1) is 11.3 Å². The highest BCUT2D eigenvalue weighted by Crippen LogP contribution is 2.26. The first-order chi connectivity index (χ1) is 13.4. The third-order valence-electron chi connectivity index (χ3n) is 5.38. The van der Waals surface area contributed by atoms with Crippen molar-refractivity contribution in [3.05, 3.63) is 21.9 Å². The van der Waals surface area contributed by atoms with E-state index < -0.39 is 11.6 Å². The van der Waals surface area contributed by atoms with E-state index in [1.54, 1.807) is 17.0 Å². The predicted molar refractivity (Wildman–Crippen MR) is 103 cm³/mol. The van der Waals surface area contributed by atoms with Gasteiger partial charge in [0.05, 0.1) is 31.1 Å². The second-order valence-corrected chi connectivity index (χ2v) is 8.14. The van der Waals surface area contributed by atoms with Gasteiger partial charge in [0.1, 0.15) is 5.54 Å². The number of rotatable bonds is 7. The first kappa shape index (κ1) is 20.5. The molecule has 28 heavy (non-hydrogen) atoms. The van der Waals surface area contributed by atoms with Crippen LogP contribution in [0.3, 0.4) is 0 Å². The van der Waals surface area contributed by atoms with Crippen molar-refractivity contribution in [2.24, 2.45) is 0 Å². The van der Waals surface area contributed by atoms with Gasteiger partial charge in [-0.3, -0.25) is 19.3 Å². The van der Waals surface area contributed by atoms with Crippen LogP contribution in [0.4, 0.5) is 4.79 Å². The van der Waals surface area contributed by atoms with E-state index in [-0.39, 0.29) is 30.6 Å². The summed E-state index contributed by atoms with van der Waals surface area (Å²) >= 11 is 1.23. The third kappa shape index (κ3) is 3.95. The summed E-state index contributed by atoms with van der Waals surface area (Å²) in [6.07, 6.45) is 1.19. The number of hydrogen-bond donors (Lipinski definition) is 1. The lowest BCUT2D eigenvalue weighted by molar-refractivity contribution is -0.134. The average Bonchev–Trinajstić information content (AvgIpc) is 3.27. The topological polar surface area (TPSA) is 96.0 Å². The Kier molecular flexibility index (Phi) is 6.14. The first-order valence-corrected chi connectivity index (χ1v) is 10.3. The molecule has 0 atom stereocenters. The number of amides is 4. The van der Waals surface area contributed by atoms with E-state index in [9.17, 15) is 19.2 Å². The van der Waals surface area contributed by atoms with Crippen molar-refractivity contribution in [1.29, 1.82) is 0 Å². The van der Waals surface area contributed by atoms with Crippen molar-refractivity contribution < 1.29 is 23.9 Å². The smallest absolute Gasteiger partial charge is 0.325 e. The maximum absolute atomic E-state index is 12.6. The van der Waals surface area contributed by atoms with E-state index in [4.69, 9.17) is 4.74 Å². The molecule has 0 aliphatic carbocycles. The van der Waals surface area contributed by atoms with E-state index >= 15 is 0 Å². The van der Waals surface area contributed by atoms with Crippen molar-refractivity contribution in [1.82, 2.24) is 15.1 Å². The Morgan fingerprint density at radius 1 is 1.18 bits per heavy atom. The number of urea groups is 1. The summed E-state index contributed by atoms with van der Waals surface area (Å²) in [6.45, 7) is 5.64. The number of hydrogen-bond acceptors (Lipinski definition) is 6. The van der Waals surface area contributed by atoms with Crippen LogP contribution in [0.5, 0.6) is 0 Å². The third-order valence-corrected chi connectivity index (χ3v) is 6.51. The molecule has 0 bridgehead atoms. The Hall–Kier alpha value is -2.26. The number of carbonyl (C=O) groups excluding carboxylic acids is 4. The molecule has 2 fully saturated rings. The highest BCUT2D eigenvalue weighted by atomic mass is 32.1. The normalized spacial score (nSPS) is 19.1. The molecule has 1 aromatic heterocycles. The van der Waals surface area contributed by atoms with Gasteiger partial charge >= 0.3 is 6.03 Å². The Labute approximate surface area is 167 Å². The molecule has 152 valence electrons. The molecule has 0 radical (unpaired) electrons. The zero-order chi connectivity index (χ0) is 20.3. The van der Waals surface area contributed by atoms with E-state index in [1.807, 2.05) is 13.8 Å². The molecule has 3 heterocycles. The van der Waals surface area contributed by atoms with Gasteiger partial charge in [0.15, 0.2) is 5.78 Å².